The van der Waals surface area contributed by atoms with E-state index in [0.29, 0.717) is 17.6 Å². The van der Waals surface area contributed by atoms with Crippen molar-refractivity contribution in [2.24, 2.45) is 0 Å². The quantitative estimate of drug-likeness (QED) is 0.870. The van der Waals surface area contributed by atoms with Crippen LogP contribution in [0.25, 0.3) is 0 Å². The van der Waals surface area contributed by atoms with Crippen molar-refractivity contribution >= 4 is 17.6 Å². The summed E-state index contributed by atoms with van der Waals surface area (Å²) in [5.74, 6) is 0. The van der Waals surface area contributed by atoms with Gasteiger partial charge in [0.1, 0.15) is 0 Å². The van der Waals surface area contributed by atoms with E-state index in [1.807, 2.05) is 38.4 Å². The number of carbonyl (C=O) groups is 1. The maximum atomic E-state index is 11.7. The minimum atomic E-state index is -0.0867. The number of halogens is 1. The molecule has 2 amide bonds. The van der Waals surface area contributed by atoms with Gasteiger partial charge in [-0.05, 0) is 44.6 Å². The Morgan fingerprint density at radius 3 is 2.79 bits per heavy atom. The van der Waals surface area contributed by atoms with E-state index in [9.17, 15) is 4.79 Å². The first-order valence-electron chi connectivity index (χ1n) is 6.52. The van der Waals surface area contributed by atoms with Crippen LogP contribution in [0.15, 0.2) is 24.3 Å². The molecule has 1 aromatic carbocycles. The highest BCUT2D eigenvalue weighted by atomic mass is 35.5. The number of nitrogens with one attached hydrogen (secondary N) is 2. The smallest absolute Gasteiger partial charge is 0.315 e. The molecule has 1 aliphatic carbocycles. The van der Waals surface area contributed by atoms with Gasteiger partial charge in [-0.15, -0.1) is 0 Å². The predicted octanol–water partition coefficient (Wildman–Crippen LogP) is 2.40. The Labute approximate surface area is 119 Å². The molecule has 2 rings (SSSR count). The molecule has 1 saturated carbocycles. The second-order valence-corrected chi connectivity index (χ2v) is 5.60. The van der Waals surface area contributed by atoms with Crippen LogP contribution in [-0.4, -0.2) is 37.6 Å². The van der Waals surface area contributed by atoms with Crippen LogP contribution in [0.5, 0.6) is 0 Å². The second kappa shape index (κ2) is 6.26. The number of amides is 2. The Balaban J connectivity index is 1.93. The second-order valence-electron chi connectivity index (χ2n) is 5.16. The molecule has 104 valence electrons. The van der Waals surface area contributed by atoms with Gasteiger partial charge < -0.3 is 15.5 Å². The van der Waals surface area contributed by atoms with Gasteiger partial charge in [0.2, 0.25) is 0 Å². The van der Waals surface area contributed by atoms with E-state index < -0.39 is 0 Å². The zero-order valence-corrected chi connectivity index (χ0v) is 12.1. The SMILES string of the molecule is CN(C)C(CNC(=O)NC1CC1)c1cccc(Cl)c1. The summed E-state index contributed by atoms with van der Waals surface area (Å²) < 4.78 is 0. The molecule has 5 heteroatoms. The number of hydrogen-bond acceptors (Lipinski definition) is 2. The van der Waals surface area contributed by atoms with Gasteiger partial charge in [-0.3, -0.25) is 0 Å². The minimum absolute atomic E-state index is 0.0867. The van der Waals surface area contributed by atoms with Crippen LogP contribution in [0, 0.1) is 0 Å². The van der Waals surface area contributed by atoms with Gasteiger partial charge in [0, 0.05) is 17.6 Å². The van der Waals surface area contributed by atoms with Gasteiger partial charge in [-0.2, -0.15) is 0 Å². The Morgan fingerprint density at radius 1 is 1.47 bits per heavy atom. The number of carbonyl (C=O) groups excluding carboxylic acids is 1. The third-order valence-corrected chi connectivity index (χ3v) is 3.46. The lowest BCUT2D eigenvalue weighted by Gasteiger charge is -2.25. The van der Waals surface area contributed by atoms with Crippen LogP contribution in [0.1, 0.15) is 24.4 Å². The molecule has 1 fully saturated rings. The molecular formula is C14H20ClN3O. The molecule has 0 aliphatic heterocycles. The number of nitrogens with zero attached hydrogens (tertiary/aromatic N) is 1. The lowest BCUT2D eigenvalue weighted by molar-refractivity contribution is 0.232. The van der Waals surface area contributed by atoms with Gasteiger partial charge in [0.05, 0.1) is 6.04 Å². The van der Waals surface area contributed by atoms with Crippen LogP contribution in [0.2, 0.25) is 5.02 Å². The van der Waals surface area contributed by atoms with Gasteiger partial charge >= 0.3 is 6.03 Å². The molecule has 1 atom stereocenters. The lowest BCUT2D eigenvalue weighted by atomic mass is 10.1. The molecule has 1 unspecified atom stereocenters. The minimum Gasteiger partial charge on any atom is -0.336 e. The summed E-state index contributed by atoms with van der Waals surface area (Å²) in [6, 6.07) is 8.15. The van der Waals surface area contributed by atoms with Crippen LogP contribution in [-0.2, 0) is 0 Å². The molecule has 0 bridgehead atoms. The molecule has 0 spiro atoms. The van der Waals surface area contributed by atoms with Gasteiger partial charge in [0.25, 0.3) is 0 Å². The molecular weight excluding hydrogens is 262 g/mol. The highest BCUT2D eigenvalue weighted by Crippen LogP contribution is 2.21. The fourth-order valence-corrected chi connectivity index (χ4v) is 2.16. The lowest BCUT2D eigenvalue weighted by Crippen LogP contribution is -2.41. The van der Waals surface area contributed by atoms with Gasteiger partial charge in [-0.1, -0.05) is 23.7 Å². The molecule has 1 aliphatic rings. The molecule has 2 N–H and O–H groups in total. The average molecular weight is 282 g/mol. The maximum absolute atomic E-state index is 11.7. The van der Waals surface area contributed by atoms with Crippen molar-refractivity contribution in [2.75, 3.05) is 20.6 Å². The molecule has 0 saturated heterocycles. The first-order chi connectivity index (χ1) is 9.06. The topological polar surface area (TPSA) is 44.4 Å². The third kappa shape index (κ3) is 4.40. The van der Waals surface area contributed by atoms with E-state index >= 15 is 0 Å². The molecule has 0 heterocycles. The molecule has 1 aromatic rings. The monoisotopic (exact) mass is 281 g/mol. The molecule has 4 nitrogen and oxygen atoms in total. The number of benzene rings is 1. The van der Waals surface area contributed by atoms with Crippen molar-refractivity contribution in [3.63, 3.8) is 0 Å². The highest BCUT2D eigenvalue weighted by Gasteiger charge is 2.23. The summed E-state index contributed by atoms with van der Waals surface area (Å²) in [4.78, 5) is 13.7. The summed E-state index contributed by atoms with van der Waals surface area (Å²) in [5.41, 5.74) is 1.10. The predicted molar refractivity (Wildman–Crippen MR) is 77.4 cm³/mol. The van der Waals surface area contributed by atoms with Crippen molar-refractivity contribution in [1.29, 1.82) is 0 Å². The summed E-state index contributed by atoms with van der Waals surface area (Å²) in [6.45, 7) is 0.561. The summed E-state index contributed by atoms with van der Waals surface area (Å²) >= 11 is 6.02. The first-order valence-corrected chi connectivity index (χ1v) is 6.90. The molecule has 0 radical (unpaired) electrons. The summed E-state index contributed by atoms with van der Waals surface area (Å²) in [7, 11) is 3.98. The maximum Gasteiger partial charge on any atom is 0.315 e. The Bertz CT molecular complexity index is 446. The first kappa shape index (κ1) is 14.2. The molecule has 0 aromatic heterocycles. The van der Waals surface area contributed by atoms with E-state index in [4.69, 9.17) is 11.6 Å². The molecule has 19 heavy (non-hydrogen) atoms. The third-order valence-electron chi connectivity index (χ3n) is 3.23. The van der Waals surface area contributed by atoms with E-state index in [2.05, 4.69) is 15.5 Å². The van der Waals surface area contributed by atoms with Crippen LogP contribution in [0.4, 0.5) is 4.79 Å². The van der Waals surface area contributed by atoms with Crippen LogP contribution in [0.3, 0.4) is 0 Å². The fourth-order valence-electron chi connectivity index (χ4n) is 1.97. The fraction of sp³-hybridized carbons (Fsp3) is 0.500. The summed E-state index contributed by atoms with van der Waals surface area (Å²) in [6.07, 6.45) is 2.19. The standard InChI is InChI=1S/C14H20ClN3O/c1-18(2)13(10-4-3-5-11(15)8-10)9-16-14(19)17-12-6-7-12/h3-5,8,12-13H,6-7,9H2,1-2H3,(H2,16,17,19). The van der Waals surface area contributed by atoms with Crippen molar-refractivity contribution in [3.05, 3.63) is 34.9 Å². The zero-order chi connectivity index (χ0) is 13.8. The van der Waals surface area contributed by atoms with E-state index in [0.717, 1.165) is 18.4 Å². The largest absolute Gasteiger partial charge is 0.336 e. The van der Waals surface area contributed by atoms with Crippen molar-refractivity contribution in [2.45, 2.75) is 24.9 Å². The highest BCUT2D eigenvalue weighted by molar-refractivity contribution is 6.30. The van der Waals surface area contributed by atoms with Crippen molar-refractivity contribution in [1.82, 2.24) is 15.5 Å². The van der Waals surface area contributed by atoms with Gasteiger partial charge in [-0.25, -0.2) is 4.79 Å². The van der Waals surface area contributed by atoms with Crippen LogP contribution < -0.4 is 10.6 Å². The van der Waals surface area contributed by atoms with E-state index in [1.54, 1.807) is 0 Å². The normalized spacial score (nSPS) is 16.2. The number of hydrogen-bond donors (Lipinski definition) is 2. The zero-order valence-electron chi connectivity index (χ0n) is 11.3. The van der Waals surface area contributed by atoms with E-state index in [1.165, 1.54) is 0 Å². The Hall–Kier alpha value is -1.26. The average Bonchev–Trinajstić information content (AvgIpc) is 3.12. The Kier molecular flexibility index (Phi) is 4.66. The van der Waals surface area contributed by atoms with Crippen LogP contribution >= 0.6 is 11.6 Å². The Morgan fingerprint density at radius 2 is 2.21 bits per heavy atom. The number of rotatable bonds is 5. The number of likely N-dealkylation sites (N-methyl/N-ethyl adjacent to an activating group) is 1. The van der Waals surface area contributed by atoms with Crippen molar-refractivity contribution < 1.29 is 4.79 Å². The number of urea groups is 1. The van der Waals surface area contributed by atoms with Crippen molar-refractivity contribution in [3.8, 4) is 0 Å². The summed E-state index contributed by atoms with van der Waals surface area (Å²) in [5, 5.41) is 6.55. The van der Waals surface area contributed by atoms with E-state index in [-0.39, 0.29) is 12.1 Å². The van der Waals surface area contributed by atoms with Gasteiger partial charge in [0.15, 0.2) is 0 Å².